The third kappa shape index (κ3) is 4.65. The lowest BCUT2D eigenvalue weighted by atomic mass is 9.97. The zero-order valence-electron chi connectivity index (χ0n) is 13.0. The second-order valence-electron chi connectivity index (χ2n) is 5.77. The normalized spacial score (nSPS) is 15.8. The number of ketones is 1. The van der Waals surface area contributed by atoms with Crippen molar-refractivity contribution in [3.8, 4) is 0 Å². The number of halogens is 1. The average molecular weight is 323 g/mol. The summed E-state index contributed by atoms with van der Waals surface area (Å²) < 4.78 is 14.1. The Morgan fingerprint density at radius 3 is 2.64 bits per heavy atom. The molecular formula is C17H22FNO2S. The van der Waals surface area contributed by atoms with Crippen LogP contribution in [0.3, 0.4) is 0 Å². The van der Waals surface area contributed by atoms with Gasteiger partial charge in [-0.05, 0) is 38.9 Å². The van der Waals surface area contributed by atoms with Gasteiger partial charge in [0, 0.05) is 24.2 Å². The smallest absolute Gasteiger partial charge is 0.185 e. The van der Waals surface area contributed by atoms with Crippen LogP contribution in [0.15, 0.2) is 24.3 Å². The van der Waals surface area contributed by atoms with Crippen LogP contribution in [0.4, 0.5) is 4.39 Å². The van der Waals surface area contributed by atoms with Gasteiger partial charge in [-0.3, -0.25) is 14.5 Å². The van der Waals surface area contributed by atoms with E-state index in [1.165, 1.54) is 17.8 Å². The van der Waals surface area contributed by atoms with Gasteiger partial charge < -0.3 is 0 Å². The molecule has 0 spiro atoms. The first-order valence-electron chi connectivity index (χ1n) is 7.62. The molecule has 2 rings (SSSR count). The molecule has 0 radical (unpaired) electrons. The van der Waals surface area contributed by atoms with Crippen molar-refractivity contribution >= 4 is 22.7 Å². The Morgan fingerprint density at radius 2 is 2.05 bits per heavy atom. The zero-order valence-corrected chi connectivity index (χ0v) is 13.9. The first-order valence-corrected chi connectivity index (χ1v) is 8.61. The van der Waals surface area contributed by atoms with Gasteiger partial charge in [-0.15, -0.1) is 0 Å². The van der Waals surface area contributed by atoms with Crippen molar-refractivity contribution < 1.29 is 14.0 Å². The quantitative estimate of drug-likeness (QED) is 0.687. The molecule has 22 heavy (non-hydrogen) atoms. The van der Waals surface area contributed by atoms with Crippen molar-refractivity contribution in [2.45, 2.75) is 32.2 Å². The monoisotopic (exact) mass is 323 g/mol. The molecule has 1 atom stereocenters. The van der Waals surface area contributed by atoms with E-state index in [9.17, 15) is 14.0 Å². The highest BCUT2D eigenvalue weighted by Crippen LogP contribution is 2.37. The van der Waals surface area contributed by atoms with Crippen LogP contribution in [0, 0.1) is 11.7 Å². The molecular weight excluding hydrogens is 301 g/mol. The van der Waals surface area contributed by atoms with Crippen LogP contribution in [0.1, 0.15) is 37.8 Å². The van der Waals surface area contributed by atoms with E-state index in [0.29, 0.717) is 12.1 Å². The van der Waals surface area contributed by atoms with E-state index in [0.717, 1.165) is 25.0 Å². The molecule has 0 bridgehead atoms. The molecule has 0 aliphatic heterocycles. The fraction of sp³-hybridized carbons (Fsp3) is 0.529. The van der Waals surface area contributed by atoms with Gasteiger partial charge in [-0.25, -0.2) is 4.39 Å². The lowest BCUT2D eigenvalue weighted by molar-refractivity contribution is -0.125. The molecule has 1 fully saturated rings. The van der Waals surface area contributed by atoms with Crippen LogP contribution >= 0.6 is 11.8 Å². The lowest BCUT2D eigenvalue weighted by Crippen LogP contribution is -2.33. The minimum absolute atomic E-state index is 0.0821. The molecule has 120 valence electrons. The molecule has 1 unspecified atom stereocenters. The Balaban J connectivity index is 2.05. The molecule has 1 aromatic rings. The van der Waals surface area contributed by atoms with Crippen molar-refractivity contribution in [1.82, 2.24) is 4.90 Å². The van der Waals surface area contributed by atoms with Crippen LogP contribution in [0.2, 0.25) is 0 Å². The summed E-state index contributed by atoms with van der Waals surface area (Å²) in [4.78, 5) is 25.4. The van der Waals surface area contributed by atoms with Crippen molar-refractivity contribution in [2.24, 2.45) is 5.92 Å². The van der Waals surface area contributed by atoms with Gasteiger partial charge in [0.15, 0.2) is 10.9 Å². The molecule has 0 N–H and O–H groups in total. The predicted molar refractivity (Wildman–Crippen MR) is 87.3 cm³/mol. The zero-order chi connectivity index (χ0) is 16.1. The highest BCUT2D eigenvalue weighted by Gasteiger charge is 2.38. The van der Waals surface area contributed by atoms with Crippen LogP contribution in [-0.2, 0) is 9.59 Å². The number of nitrogens with zero attached hydrogens (tertiary/aromatic N) is 1. The molecule has 0 heterocycles. The summed E-state index contributed by atoms with van der Waals surface area (Å²) >= 11 is 1.29. The molecule has 0 saturated heterocycles. The summed E-state index contributed by atoms with van der Waals surface area (Å²) in [5.41, 5.74) is 0.459. The number of likely N-dealkylation sites (N-methyl/N-ethyl adjacent to an activating group) is 1. The van der Waals surface area contributed by atoms with Gasteiger partial charge in [0.25, 0.3) is 0 Å². The van der Waals surface area contributed by atoms with Crippen molar-refractivity contribution in [3.05, 3.63) is 35.6 Å². The third-order valence-corrected chi connectivity index (χ3v) is 4.75. The maximum absolute atomic E-state index is 14.1. The maximum atomic E-state index is 14.1. The number of thioether (sulfide) groups is 1. The maximum Gasteiger partial charge on any atom is 0.185 e. The van der Waals surface area contributed by atoms with E-state index in [4.69, 9.17) is 0 Å². The third-order valence-electron chi connectivity index (χ3n) is 3.85. The van der Waals surface area contributed by atoms with E-state index in [1.54, 1.807) is 25.1 Å². The highest BCUT2D eigenvalue weighted by molar-refractivity contribution is 8.13. The topological polar surface area (TPSA) is 37.4 Å². The van der Waals surface area contributed by atoms with Gasteiger partial charge in [0.1, 0.15) is 5.82 Å². The largest absolute Gasteiger partial charge is 0.297 e. The second-order valence-corrected chi connectivity index (χ2v) is 7.05. The number of hydrogen-bond acceptors (Lipinski definition) is 4. The van der Waals surface area contributed by atoms with Gasteiger partial charge in [-0.1, -0.05) is 30.0 Å². The fourth-order valence-electron chi connectivity index (χ4n) is 2.55. The first-order chi connectivity index (χ1) is 10.5. The summed E-state index contributed by atoms with van der Waals surface area (Å²) in [5.74, 6) is 0.596. The van der Waals surface area contributed by atoms with Crippen molar-refractivity contribution in [2.75, 3.05) is 19.3 Å². The van der Waals surface area contributed by atoms with Crippen LogP contribution in [0.5, 0.6) is 0 Å². The van der Waals surface area contributed by atoms with Crippen LogP contribution < -0.4 is 0 Å². The van der Waals surface area contributed by atoms with E-state index in [1.807, 2.05) is 11.9 Å². The van der Waals surface area contributed by atoms with Gasteiger partial charge in [0.05, 0.1) is 6.04 Å². The Morgan fingerprint density at radius 1 is 1.36 bits per heavy atom. The minimum Gasteiger partial charge on any atom is -0.297 e. The highest BCUT2D eigenvalue weighted by atomic mass is 32.2. The number of Topliss-reactive ketones (excluding diaryl/α,β-unsaturated/α-hetero) is 1. The number of hydrogen-bond donors (Lipinski definition) is 0. The summed E-state index contributed by atoms with van der Waals surface area (Å²) in [6, 6.07) is 5.99. The van der Waals surface area contributed by atoms with Gasteiger partial charge in [-0.2, -0.15) is 0 Å². The predicted octanol–water partition coefficient (Wildman–Crippen LogP) is 3.45. The Kier molecular flexibility index (Phi) is 6.15. The molecule has 1 aliphatic rings. The molecule has 0 amide bonds. The van der Waals surface area contributed by atoms with Crippen LogP contribution in [-0.4, -0.2) is 35.1 Å². The number of carbonyl (C=O) groups is 2. The van der Waals surface area contributed by atoms with Crippen molar-refractivity contribution in [1.29, 1.82) is 0 Å². The van der Waals surface area contributed by atoms with Gasteiger partial charge >= 0.3 is 0 Å². The Hall–Kier alpha value is -1.20. The first kappa shape index (κ1) is 17.2. The molecule has 1 aliphatic carbocycles. The standard InChI is InChI=1S/C17H22FNO2S/c1-12(20)22-11-5-10-19(2)16(17(21)13-8-9-13)14-6-3-4-7-15(14)18/h3-4,6-7,13,16H,5,8-11H2,1-2H3. The SMILES string of the molecule is CC(=O)SCCCN(C)C(C(=O)C1CC1)c1ccccc1F. The lowest BCUT2D eigenvalue weighted by Gasteiger charge is -2.27. The Bertz CT molecular complexity index is 545. The molecule has 1 saturated carbocycles. The van der Waals surface area contributed by atoms with E-state index in [2.05, 4.69) is 0 Å². The number of benzene rings is 1. The van der Waals surface area contributed by atoms with Gasteiger partial charge in [0.2, 0.25) is 0 Å². The summed E-state index contributed by atoms with van der Waals surface area (Å²) in [6.07, 6.45) is 2.62. The Labute approximate surface area is 135 Å². The van der Waals surface area contributed by atoms with Crippen LogP contribution in [0.25, 0.3) is 0 Å². The molecule has 5 heteroatoms. The molecule has 0 aromatic heterocycles. The summed E-state index contributed by atoms with van der Waals surface area (Å²) in [6.45, 7) is 2.21. The molecule has 3 nitrogen and oxygen atoms in total. The van der Waals surface area contributed by atoms with E-state index < -0.39 is 6.04 Å². The average Bonchev–Trinajstić information content (AvgIpc) is 3.30. The number of rotatable bonds is 8. The number of carbonyl (C=O) groups excluding carboxylic acids is 2. The van der Waals surface area contributed by atoms with Crippen molar-refractivity contribution in [3.63, 3.8) is 0 Å². The van der Waals surface area contributed by atoms with E-state index in [-0.39, 0.29) is 22.6 Å². The minimum atomic E-state index is -0.518. The summed E-state index contributed by atoms with van der Waals surface area (Å²) in [7, 11) is 1.86. The summed E-state index contributed by atoms with van der Waals surface area (Å²) in [5, 5.41) is 0.0994. The van der Waals surface area contributed by atoms with E-state index >= 15 is 0 Å². The fourth-order valence-corrected chi connectivity index (χ4v) is 3.12. The molecule has 1 aromatic carbocycles. The second kappa shape index (κ2) is 7.88.